The Hall–Kier alpha value is -1.42. The van der Waals surface area contributed by atoms with Gasteiger partial charge in [0, 0.05) is 17.7 Å². The Kier molecular flexibility index (Phi) is 2.45. The van der Waals surface area contributed by atoms with Crippen molar-refractivity contribution in [2.45, 2.75) is 0 Å². The van der Waals surface area contributed by atoms with Gasteiger partial charge in [-0.2, -0.15) is 0 Å². The third-order valence-electron chi connectivity index (χ3n) is 1.71. The predicted molar refractivity (Wildman–Crippen MR) is 49.3 cm³/mol. The van der Waals surface area contributed by atoms with Gasteiger partial charge in [0.15, 0.2) is 11.5 Å². The van der Waals surface area contributed by atoms with Crippen molar-refractivity contribution in [3.63, 3.8) is 0 Å². The first kappa shape index (κ1) is 9.15. The van der Waals surface area contributed by atoms with E-state index in [2.05, 4.69) is 4.74 Å². The second-order valence-corrected chi connectivity index (χ2v) is 2.95. The molecule has 1 aliphatic rings. The lowest BCUT2D eigenvalue weighted by Gasteiger charge is -2.18. The predicted octanol–water partition coefficient (Wildman–Crippen LogP) is 2.20. The standard InChI is InChI=1S/C9H7ClO4/c10-9(11)14-6-1-2-7-8(5-6)13-4-3-12-7/h1-2,5H,3-4H2. The van der Waals surface area contributed by atoms with E-state index in [-0.39, 0.29) is 0 Å². The van der Waals surface area contributed by atoms with E-state index in [0.717, 1.165) is 0 Å². The molecule has 5 heteroatoms. The maximum absolute atomic E-state index is 10.5. The topological polar surface area (TPSA) is 44.8 Å². The van der Waals surface area contributed by atoms with Gasteiger partial charge in [0.25, 0.3) is 0 Å². The summed E-state index contributed by atoms with van der Waals surface area (Å²) in [7, 11) is 0. The zero-order valence-corrected chi connectivity index (χ0v) is 7.91. The largest absolute Gasteiger partial charge is 0.486 e. The number of hydrogen-bond acceptors (Lipinski definition) is 4. The van der Waals surface area contributed by atoms with Gasteiger partial charge in [0.05, 0.1) is 0 Å². The van der Waals surface area contributed by atoms with Gasteiger partial charge < -0.3 is 14.2 Å². The van der Waals surface area contributed by atoms with E-state index in [9.17, 15) is 4.79 Å². The molecule has 0 aromatic heterocycles. The number of carbonyl (C=O) groups excluding carboxylic acids is 1. The SMILES string of the molecule is O=C(Cl)Oc1ccc2c(c1)OCCO2. The highest BCUT2D eigenvalue weighted by Crippen LogP contribution is 2.33. The molecule has 0 fully saturated rings. The lowest BCUT2D eigenvalue weighted by Crippen LogP contribution is -2.15. The van der Waals surface area contributed by atoms with Crippen LogP contribution >= 0.6 is 11.6 Å². The highest BCUT2D eigenvalue weighted by atomic mass is 35.5. The fraction of sp³-hybridized carbons (Fsp3) is 0.222. The van der Waals surface area contributed by atoms with Crippen molar-refractivity contribution < 1.29 is 19.0 Å². The minimum atomic E-state index is -0.873. The molecular formula is C9H7ClO4. The average molecular weight is 215 g/mol. The summed E-state index contributed by atoms with van der Waals surface area (Å²) in [6, 6.07) is 4.83. The summed E-state index contributed by atoms with van der Waals surface area (Å²) in [6.45, 7) is 1.02. The summed E-state index contributed by atoms with van der Waals surface area (Å²) in [4.78, 5) is 10.5. The monoisotopic (exact) mass is 214 g/mol. The number of rotatable bonds is 1. The summed E-state index contributed by atoms with van der Waals surface area (Å²) >= 11 is 5.06. The van der Waals surface area contributed by atoms with Crippen molar-refractivity contribution in [2.75, 3.05) is 13.2 Å². The number of hydrogen-bond donors (Lipinski definition) is 0. The molecule has 2 rings (SSSR count). The first-order valence-corrected chi connectivity index (χ1v) is 4.40. The maximum atomic E-state index is 10.5. The van der Waals surface area contributed by atoms with Crippen LogP contribution < -0.4 is 14.2 Å². The molecule has 1 aromatic carbocycles. The summed E-state index contributed by atoms with van der Waals surface area (Å²) in [5.41, 5.74) is -0.873. The quantitative estimate of drug-likeness (QED) is 0.673. The second-order valence-electron chi connectivity index (χ2n) is 2.65. The van der Waals surface area contributed by atoms with Crippen LogP contribution in [0.2, 0.25) is 0 Å². The van der Waals surface area contributed by atoms with E-state index in [4.69, 9.17) is 21.1 Å². The lowest BCUT2D eigenvalue weighted by molar-refractivity contribution is 0.170. The first-order valence-electron chi connectivity index (χ1n) is 4.02. The van der Waals surface area contributed by atoms with Crippen LogP contribution in [0, 0.1) is 0 Å². The van der Waals surface area contributed by atoms with Gasteiger partial charge >= 0.3 is 5.43 Å². The van der Waals surface area contributed by atoms with Crippen LogP contribution in [0.25, 0.3) is 0 Å². The van der Waals surface area contributed by atoms with Crippen LogP contribution in [0.15, 0.2) is 18.2 Å². The number of carbonyl (C=O) groups is 1. The molecular weight excluding hydrogens is 208 g/mol. The lowest BCUT2D eigenvalue weighted by atomic mass is 10.3. The number of benzene rings is 1. The second kappa shape index (κ2) is 3.75. The molecule has 0 saturated heterocycles. The van der Waals surface area contributed by atoms with Crippen LogP contribution in [0.4, 0.5) is 4.79 Å². The molecule has 14 heavy (non-hydrogen) atoms. The van der Waals surface area contributed by atoms with Crippen LogP contribution in [0.1, 0.15) is 0 Å². The van der Waals surface area contributed by atoms with Crippen LogP contribution in [0.5, 0.6) is 17.2 Å². The molecule has 0 aliphatic carbocycles. The molecule has 1 heterocycles. The number of fused-ring (bicyclic) bond motifs is 1. The van der Waals surface area contributed by atoms with Gasteiger partial charge in [-0.3, -0.25) is 0 Å². The third kappa shape index (κ3) is 1.90. The van der Waals surface area contributed by atoms with Gasteiger partial charge in [-0.1, -0.05) is 0 Å². The van der Waals surface area contributed by atoms with E-state index in [1.54, 1.807) is 18.2 Å². The Morgan fingerprint density at radius 1 is 1.29 bits per heavy atom. The molecule has 1 aliphatic heterocycles. The summed E-state index contributed by atoms with van der Waals surface area (Å²) in [6.07, 6.45) is 0. The Bertz CT molecular complexity index is 364. The van der Waals surface area contributed by atoms with Crippen molar-refractivity contribution in [1.82, 2.24) is 0 Å². The molecule has 0 radical (unpaired) electrons. The molecule has 0 saturated carbocycles. The van der Waals surface area contributed by atoms with Gasteiger partial charge in [0.2, 0.25) is 0 Å². The van der Waals surface area contributed by atoms with Gasteiger partial charge in [-0.15, -0.1) is 0 Å². The third-order valence-corrected chi connectivity index (χ3v) is 1.79. The molecule has 4 nitrogen and oxygen atoms in total. The molecule has 0 amide bonds. The zero-order valence-electron chi connectivity index (χ0n) is 7.16. The van der Waals surface area contributed by atoms with Gasteiger partial charge in [-0.05, 0) is 12.1 Å². The van der Waals surface area contributed by atoms with Crippen molar-refractivity contribution in [3.8, 4) is 17.2 Å². The highest BCUT2D eigenvalue weighted by molar-refractivity contribution is 6.61. The summed E-state index contributed by atoms with van der Waals surface area (Å²) in [5, 5.41) is 0. The Labute approximate surface area is 85.3 Å². The Morgan fingerprint density at radius 3 is 2.71 bits per heavy atom. The van der Waals surface area contributed by atoms with E-state index >= 15 is 0 Å². The highest BCUT2D eigenvalue weighted by Gasteiger charge is 2.12. The van der Waals surface area contributed by atoms with E-state index in [1.807, 2.05) is 0 Å². The molecule has 74 valence electrons. The molecule has 0 N–H and O–H groups in total. The fourth-order valence-corrected chi connectivity index (χ4v) is 1.27. The Morgan fingerprint density at radius 2 is 2.00 bits per heavy atom. The van der Waals surface area contributed by atoms with Crippen LogP contribution in [-0.4, -0.2) is 18.6 Å². The van der Waals surface area contributed by atoms with Crippen molar-refractivity contribution in [2.24, 2.45) is 0 Å². The minimum absolute atomic E-state index is 0.342. The summed E-state index contributed by atoms with van der Waals surface area (Å²) in [5.74, 6) is 1.55. The Balaban J connectivity index is 2.24. The average Bonchev–Trinajstić information content (AvgIpc) is 2.17. The van der Waals surface area contributed by atoms with E-state index in [1.165, 1.54) is 0 Å². The molecule has 0 unspecified atom stereocenters. The van der Waals surface area contributed by atoms with Gasteiger partial charge in [-0.25, -0.2) is 4.79 Å². The van der Waals surface area contributed by atoms with Crippen molar-refractivity contribution >= 4 is 17.0 Å². The fourth-order valence-electron chi connectivity index (χ4n) is 1.18. The molecule has 0 spiro atoms. The number of ether oxygens (including phenoxy) is 3. The zero-order chi connectivity index (χ0) is 9.97. The van der Waals surface area contributed by atoms with E-state index < -0.39 is 5.43 Å². The maximum Gasteiger partial charge on any atom is 0.409 e. The summed E-state index contributed by atoms with van der Waals surface area (Å²) < 4.78 is 15.2. The van der Waals surface area contributed by atoms with Crippen LogP contribution in [-0.2, 0) is 0 Å². The molecule has 0 atom stereocenters. The smallest absolute Gasteiger partial charge is 0.409 e. The van der Waals surface area contributed by atoms with Crippen molar-refractivity contribution in [3.05, 3.63) is 18.2 Å². The normalized spacial score (nSPS) is 13.5. The number of halogens is 1. The molecule has 0 bridgehead atoms. The van der Waals surface area contributed by atoms with Crippen molar-refractivity contribution in [1.29, 1.82) is 0 Å². The van der Waals surface area contributed by atoms with Crippen LogP contribution in [0.3, 0.4) is 0 Å². The minimum Gasteiger partial charge on any atom is -0.486 e. The first-order chi connectivity index (χ1) is 6.75. The van der Waals surface area contributed by atoms with E-state index in [0.29, 0.717) is 30.5 Å². The van der Waals surface area contributed by atoms with Gasteiger partial charge in [0.1, 0.15) is 19.0 Å². The molecule has 1 aromatic rings.